The van der Waals surface area contributed by atoms with Gasteiger partial charge in [-0.1, -0.05) is 0 Å². The van der Waals surface area contributed by atoms with Gasteiger partial charge in [-0.2, -0.15) is 0 Å². The number of hydrogen-bond acceptors (Lipinski definition) is 8. The Morgan fingerprint density at radius 2 is 1.91 bits per heavy atom. The van der Waals surface area contributed by atoms with Crippen molar-refractivity contribution in [3.05, 3.63) is 24.0 Å². The van der Waals surface area contributed by atoms with Gasteiger partial charge in [-0.15, -0.1) is 0 Å². The van der Waals surface area contributed by atoms with E-state index in [0.717, 1.165) is 13.8 Å². The van der Waals surface area contributed by atoms with Crippen molar-refractivity contribution < 1.29 is 38.1 Å². The maximum atomic E-state index is 12.2. The van der Waals surface area contributed by atoms with Crippen molar-refractivity contribution in [2.24, 2.45) is 5.92 Å². The van der Waals surface area contributed by atoms with Crippen LogP contribution in [0.2, 0.25) is 0 Å². The average molecular weight is 308 g/mol. The number of esters is 4. The van der Waals surface area contributed by atoms with E-state index in [1.165, 1.54) is 18.2 Å². The third-order valence-corrected chi connectivity index (χ3v) is 3.61. The van der Waals surface area contributed by atoms with Crippen molar-refractivity contribution in [3.8, 4) is 0 Å². The summed E-state index contributed by atoms with van der Waals surface area (Å²) in [4.78, 5) is 46.4. The minimum atomic E-state index is -1.72. The number of rotatable bonds is 2. The standard InChI is InChI=1S/C14H12O8/c1-6(15)19-10-5-8-11(21-12(10)17)9-3-4-14(8,13(18)20-9)22-7(2)16/h3-5,8-9,11H,1-2H3. The van der Waals surface area contributed by atoms with Crippen LogP contribution >= 0.6 is 0 Å². The number of fused-ring (bicyclic) bond motifs is 1. The topological polar surface area (TPSA) is 105 Å². The van der Waals surface area contributed by atoms with E-state index < -0.39 is 47.6 Å². The van der Waals surface area contributed by atoms with Crippen LogP contribution in [0, 0.1) is 5.92 Å². The monoisotopic (exact) mass is 308 g/mol. The zero-order valence-electron chi connectivity index (χ0n) is 11.7. The Labute approximate surface area is 124 Å². The van der Waals surface area contributed by atoms with Crippen molar-refractivity contribution in [2.75, 3.05) is 0 Å². The summed E-state index contributed by atoms with van der Waals surface area (Å²) in [6.07, 6.45) is 2.58. The smallest absolute Gasteiger partial charge is 0.374 e. The van der Waals surface area contributed by atoms with Gasteiger partial charge in [0.25, 0.3) is 0 Å². The van der Waals surface area contributed by atoms with Crippen molar-refractivity contribution in [2.45, 2.75) is 31.7 Å². The molecule has 4 atom stereocenters. The van der Waals surface area contributed by atoms with Gasteiger partial charge in [0, 0.05) is 13.8 Å². The molecule has 0 saturated carbocycles. The normalized spacial score (nSPS) is 35.0. The Kier molecular flexibility index (Phi) is 3.05. The first-order chi connectivity index (χ1) is 10.3. The van der Waals surface area contributed by atoms with Crippen LogP contribution in [-0.2, 0) is 38.1 Å². The maximum Gasteiger partial charge on any atom is 0.374 e. The Balaban J connectivity index is 2.06. The van der Waals surface area contributed by atoms with Gasteiger partial charge in [0.05, 0.1) is 5.92 Å². The highest BCUT2D eigenvalue weighted by Gasteiger charge is 2.63. The molecule has 4 rings (SSSR count). The third-order valence-electron chi connectivity index (χ3n) is 3.61. The molecular weight excluding hydrogens is 296 g/mol. The largest absolute Gasteiger partial charge is 0.451 e. The van der Waals surface area contributed by atoms with E-state index in [1.54, 1.807) is 0 Å². The Hall–Kier alpha value is -2.64. The molecule has 2 bridgehead atoms. The molecule has 0 aromatic rings. The summed E-state index contributed by atoms with van der Waals surface area (Å²) in [5, 5.41) is 0. The highest BCUT2D eigenvalue weighted by Crippen LogP contribution is 2.45. The second kappa shape index (κ2) is 4.69. The van der Waals surface area contributed by atoms with Gasteiger partial charge in [0.15, 0.2) is 12.2 Å². The van der Waals surface area contributed by atoms with Crippen LogP contribution in [0.25, 0.3) is 0 Å². The predicted molar refractivity (Wildman–Crippen MR) is 66.7 cm³/mol. The lowest BCUT2D eigenvalue weighted by Gasteiger charge is -2.48. The molecule has 1 saturated heterocycles. The first-order valence-electron chi connectivity index (χ1n) is 6.55. The van der Waals surface area contributed by atoms with E-state index in [2.05, 4.69) is 0 Å². The Bertz CT molecular complexity index is 645. The summed E-state index contributed by atoms with van der Waals surface area (Å²) < 4.78 is 20.2. The van der Waals surface area contributed by atoms with Gasteiger partial charge in [-0.25, -0.2) is 9.59 Å². The summed E-state index contributed by atoms with van der Waals surface area (Å²) in [5.41, 5.74) is -1.72. The molecule has 22 heavy (non-hydrogen) atoms. The van der Waals surface area contributed by atoms with Crippen molar-refractivity contribution in [1.29, 1.82) is 0 Å². The summed E-state index contributed by atoms with van der Waals surface area (Å²) in [5.74, 6) is -4.16. The minimum absolute atomic E-state index is 0.339. The molecule has 3 aliphatic heterocycles. The molecule has 8 nitrogen and oxygen atoms in total. The van der Waals surface area contributed by atoms with Gasteiger partial charge in [0.2, 0.25) is 11.4 Å². The van der Waals surface area contributed by atoms with E-state index in [1.807, 2.05) is 0 Å². The molecule has 0 radical (unpaired) electrons. The molecule has 4 aliphatic rings. The van der Waals surface area contributed by atoms with E-state index in [4.69, 9.17) is 18.9 Å². The van der Waals surface area contributed by atoms with E-state index in [-0.39, 0.29) is 5.76 Å². The van der Waals surface area contributed by atoms with Crippen molar-refractivity contribution in [1.82, 2.24) is 0 Å². The summed E-state index contributed by atoms with van der Waals surface area (Å²) in [6, 6.07) is 0. The van der Waals surface area contributed by atoms with Gasteiger partial charge in [-0.3, -0.25) is 9.59 Å². The quantitative estimate of drug-likeness (QED) is 0.391. The van der Waals surface area contributed by atoms with E-state index in [0.29, 0.717) is 0 Å². The second-order valence-corrected chi connectivity index (χ2v) is 5.14. The van der Waals surface area contributed by atoms with E-state index in [9.17, 15) is 19.2 Å². The molecule has 1 fully saturated rings. The Morgan fingerprint density at radius 1 is 1.18 bits per heavy atom. The fraction of sp³-hybridized carbons (Fsp3) is 0.429. The summed E-state index contributed by atoms with van der Waals surface area (Å²) in [7, 11) is 0. The van der Waals surface area contributed by atoms with Crippen LogP contribution in [-0.4, -0.2) is 41.7 Å². The van der Waals surface area contributed by atoms with Gasteiger partial charge >= 0.3 is 23.9 Å². The predicted octanol–water partition coefficient (Wildman–Crippen LogP) is -0.228. The fourth-order valence-corrected chi connectivity index (χ4v) is 2.82. The van der Waals surface area contributed by atoms with Crippen LogP contribution in [0.3, 0.4) is 0 Å². The van der Waals surface area contributed by atoms with Crippen molar-refractivity contribution in [3.63, 3.8) is 0 Å². The zero-order valence-corrected chi connectivity index (χ0v) is 11.7. The lowest BCUT2D eigenvalue weighted by molar-refractivity contribution is -0.218. The van der Waals surface area contributed by atoms with Gasteiger partial charge in [0.1, 0.15) is 0 Å². The number of carbonyl (C=O) groups is 4. The van der Waals surface area contributed by atoms with Crippen LogP contribution in [0.1, 0.15) is 13.8 Å². The average Bonchev–Trinajstić information content (AvgIpc) is 2.41. The maximum absolute atomic E-state index is 12.2. The first kappa shape index (κ1) is 14.3. The molecule has 8 heteroatoms. The SMILES string of the molecule is CC(=O)OC1=CC2C(OC1=O)C1C=CC2(OC(C)=O)C(=O)O1. The molecule has 4 unspecified atom stereocenters. The number of hydrogen-bond donors (Lipinski definition) is 0. The lowest BCUT2D eigenvalue weighted by Crippen LogP contribution is -2.65. The van der Waals surface area contributed by atoms with E-state index >= 15 is 0 Å². The second-order valence-electron chi connectivity index (χ2n) is 5.14. The van der Waals surface area contributed by atoms with Crippen LogP contribution < -0.4 is 0 Å². The van der Waals surface area contributed by atoms with Crippen molar-refractivity contribution >= 4 is 23.9 Å². The molecule has 0 N–H and O–H groups in total. The fourth-order valence-electron chi connectivity index (χ4n) is 2.82. The number of carbonyl (C=O) groups excluding carboxylic acids is 4. The molecule has 1 aliphatic carbocycles. The minimum Gasteiger partial charge on any atom is -0.451 e. The summed E-state index contributed by atoms with van der Waals surface area (Å²) >= 11 is 0. The highest BCUT2D eigenvalue weighted by molar-refractivity contribution is 5.93. The first-order valence-corrected chi connectivity index (χ1v) is 6.55. The summed E-state index contributed by atoms with van der Waals surface area (Å²) in [6.45, 7) is 2.28. The molecule has 0 amide bonds. The molecule has 3 heterocycles. The zero-order chi connectivity index (χ0) is 16.1. The third kappa shape index (κ3) is 1.99. The number of ether oxygens (including phenoxy) is 4. The van der Waals surface area contributed by atoms with Gasteiger partial charge < -0.3 is 18.9 Å². The van der Waals surface area contributed by atoms with Crippen LogP contribution in [0.4, 0.5) is 0 Å². The Morgan fingerprint density at radius 3 is 2.50 bits per heavy atom. The molecule has 0 spiro atoms. The highest BCUT2D eigenvalue weighted by atomic mass is 16.6. The molecule has 116 valence electrons. The lowest BCUT2D eigenvalue weighted by atomic mass is 9.72. The molecular formula is C14H12O8. The molecule has 0 aromatic heterocycles. The van der Waals surface area contributed by atoms with Crippen LogP contribution in [0.5, 0.6) is 0 Å². The van der Waals surface area contributed by atoms with Gasteiger partial charge in [-0.05, 0) is 18.2 Å². The molecule has 0 aromatic carbocycles. The van der Waals surface area contributed by atoms with Crippen LogP contribution in [0.15, 0.2) is 24.0 Å².